The van der Waals surface area contributed by atoms with Crippen LogP contribution in [0, 0.1) is 0 Å². The SMILES string of the molecule is CC1(C)c2ccccc2-c2ccc3c(ccc4c3c3ccccc3n4-c3ccc(-c4ccc5c6c(cccc46)-c4ccccc4-5)c4ccccc34)c21. The lowest BCUT2D eigenvalue weighted by Gasteiger charge is -2.23. The maximum Gasteiger partial charge on any atom is 0.0547 e. The molecule has 52 heavy (non-hydrogen) atoms. The zero-order valence-electron chi connectivity index (χ0n) is 29.0. The van der Waals surface area contributed by atoms with E-state index < -0.39 is 0 Å². The Labute approximate surface area is 302 Å². The molecule has 1 heterocycles. The normalized spacial score (nSPS) is 13.7. The second-order valence-corrected chi connectivity index (χ2v) is 15.2. The third-order valence-corrected chi connectivity index (χ3v) is 12.3. The van der Waals surface area contributed by atoms with Gasteiger partial charge in [-0.3, -0.25) is 0 Å². The van der Waals surface area contributed by atoms with Crippen LogP contribution in [0.25, 0.3) is 104 Å². The quantitative estimate of drug-likeness (QED) is 0.174. The molecule has 0 amide bonds. The standard InChI is InChI=1S/C51H33N/c1-51(2)44-20-9-7-15-35(44)41-25-24-40-42(50(41)51)27-29-47-49(40)43-17-8-10-21-45(43)52(47)46-28-26-33(30-12-5-6-16-36(30)46)34-22-23-39-32-14-4-3-13-31(32)37-18-11-19-38(34)48(37)39/h3-29H,1-2H3. The van der Waals surface area contributed by atoms with E-state index >= 15 is 0 Å². The topological polar surface area (TPSA) is 4.93 Å². The van der Waals surface area contributed by atoms with Crippen LogP contribution in [0.5, 0.6) is 0 Å². The van der Waals surface area contributed by atoms with Crippen LogP contribution >= 0.6 is 0 Å². The van der Waals surface area contributed by atoms with Gasteiger partial charge in [-0.05, 0) is 101 Å². The summed E-state index contributed by atoms with van der Waals surface area (Å²) in [5, 5.41) is 10.5. The summed E-state index contributed by atoms with van der Waals surface area (Å²) in [6.07, 6.45) is 0. The molecule has 0 radical (unpaired) electrons. The molecule has 2 aliphatic carbocycles. The number of rotatable bonds is 2. The summed E-state index contributed by atoms with van der Waals surface area (Å²) in [6.45, 7) is 4.78. The van der Waals surface area contributed by atoms with Crippen LogP contribution in [0.3, 0.4) is 0 Å². The molecule has 1 nitrogen and oxygen atoms in total. The van der Waals surface area contributed by atoms with E-state index in [1.807, 2.05) is 0 Å². The van der Waals surface area contributed by atoms with Gasteiger partial charge in [0, 0.05) is 21.6 Å². The summed E-state index contributed by atoms with van der Waals surface area (Å²) in [5.41, 5.74) is 17.1. The average Bonchev–Trinajstić information content (AvgIpc) is 3.79. The van der Waals surface area contributed by atoms with Crippen molar-refractivity contribution in [1.82, 2.24) is 4.57 Å². The summed E-state index contributed by atoms with van der Waals surface area (Å²) in [4.78, 5) is 0. The van der Waals surface area contributed by atoms with Crippen LogP contribution in [0.15, 0.2) is 164 Å². The smallest absolute Gasteiger partial charge is 0.0547 e. The third kappa shape index (κ3) is 3.43. The van der Waals surface area contributed by atoms with Gasteiger partial charge in [-0.1, -0.05) is 159 Å². The number of benzene rings is 9. The maximum atomic E-state index is 2.51. The van der Waals surface area contributed by atoms with Gasteiger partial charge < -0.3 is 4.57 Å². The van der Waals surface area contributed by atoms with Crippen LogP contribution in [0.1, 0.15) is 25.0 Å². The van der Waals surface area contributed by atoms with Gasteiger partial charge >= 0.3 is 0 Å². The summed E-state index contributed by atoms with van der Waals surface area (Å²) >= 11 is 0. The Bertz CT molecular complexity index is 3180. The van der Waals surface area contributed by atoms with Gasteiger partial charge in [0.05, 0.1) is 16.7 Å². The zero-order valence-corrected chi connectivity index (χ0v) is 29.0. The summed E-state index contributed by atoms with van der Waals surface area (Å²) in [5.74, 6) is 0. The number of hydrogen-bond donors (Lipinski definition) is 0. The summed E-state index contributed by atoms with van der Waals surface area (Å²) in [6, 6.07) is 61.4. The number of hydrogen-bond acceptors (Lipinski definition) is 0. The largest absolute Gasteiger partial charge is 0.309 e. The Morgan fingerprint density at radius 3 is 1.75 bits per heavy atom. The van der Waals surface area contributed by atoms with Crippen LogP contribution in [0.2, 0.25) is 0 Å². The minimum atomic E-state index is -0.0745. The van der Waals surface area contributed by atoms with Crippen molar-refractivity contribution in [1.29, 1.82) is 0 Å². The molecule has 12 rings (SSSR count). The molecular formula is C51H33N. The molecule has 0 saturated heterocycles. The first kappa shape index (κ1) is 28.3. The van der Waals surface area contributed by atoms with E-state index in [-0.39, 0.29) is 5.41 Å². The van der Waals surface area contributed by atoms with Crippen LogP contribution in [-0.2, 0) is 5.41 Å². The van der Waals surface area contributed by atoms with Crippen molar-refractivity contribution in [3.05, 3.63) is 175 Å². The average molecular weight is 660 g/mol. The summed E-state index contributed by atoms with van der Waals surface area (Å²) in [7, 11) is 0. The van der Waals surface area contributed by atoms with Gasteiger partial charge in [0.1, 0.15) is 0 Å². The van der Waals surface area contributed by atoms with Gasteiger partial charge in [0.25, 0.3) is 0 Å². The second kappa shape index (κ2) is 9.87. The molecule has 0 unspecified atom stereocenters. The van der Waals surface area contributed by atoms with Crippen molar-refractivity contribution >= 4 is 54.1 Å². The van der Waals surface area contributed by atoms with E-state index in [2.05, 4.69) is 182 Å². The maximum absolute atomic E-state index is 2.51. The van der Waals surface area contributed by atoms with Crippen LogP contribution in [0.4, 0.5) is 0 Å². The van der Waals surface area contributed by atoms with Gasteiger partial charge in [0.15, 0.2) is 0 Å². The van der Waals surface area contributed by atoms with E-state index in [1.54, 1.807) is 0 Å². The number of aromatic nitrogens is 1. The van der Waals surface area contributed by atoms with E-state index in [9.17, 15) is 0 Å². The van der Waals surface area contributed by atoms with Crippen molar-refractivity contribution in [2.45, 2.75) is 19.3 Å². The molecule has 0 atom stereocenters. The molecule has 0 spiro atoms. The van der Waals surface area contributed by atoms with Gasteiger partial charge in [-0.25, -0.2) is 0 Å². The predicted octanol–water partition coefficient (Wildman–Crippen LogP) is 13.9. The Morgan fingerprint density at radius 1 is 0.327 bits per heavy atom. The molecule has 242 valence electrons. The van der Waals surface area contributed by atoms with Crippen molar-refractivity contribution < 1.29 is 0 Å². The first-order chi connectivity index (χ1) is 25.6. The number of para-hydroxylation sites is 1. The first-order valence-corrected chi connectivity index (χ1v) is 18.4. The molecule has 2 aliphatic rings. The molecule has 0 fully saturated rings. The predicted molar refractivity (Wildman–Crippen MR) is 221 cm³/mol. The molecule has 0 N–H and O–H groups in total. The highest BCUT2D eigenvalue weighted by molar-refractivity contribution is 6.24. The Kier molecular flexibility index (Phi) is 5.37. The van der Waals surface area contributed by atoms with E-state index in [4.69, 9.17) is 0 Å². The Morgan fingerprint density at radius 2 is 0.904 bits per heavy atom. The highest BCUT2D eigenvalue weighted by Gasteiger charge is 2.37. The first-order valence-electron chi connectivity index (χ1n) is 18.4. The number of nitrogens with zero attached hydrogens (tertiary/aromatic N) is 1. The van der Waals surface area contributed by atoms with Crippen LogP contribution < -0.4 is 0 Å². The second-order valence-electron chi connectivity index (χ2n) is 15.2. The monoisotopic (exact) mass is 659 g/mol. The van der Waals surface area contributed by atoms with Crippen molar-refractivity contribution in [3.8, 4) is 50.2 Å². The van der Waals surface area contributed by atoms with Gasteiger partial charge in [-0.15, -0.1) is 0 Å². The molecular weight excluding hydrogens is 627 g/mol. The number of fused-ring (bicyclic) bond motifs is 13. The fourth-order valence-electron chi connectivity index (χ4n) is 10.2. The lowest BCUT2D eigenvalue weighted by molar-refractivity contribution is 0.666. The lowest BCUT2D eigenvalue weighted by atomic mass is 9.80. The van der Waals surface area contributed by atoms with Crippen LogP contribution in [-0.4, -0.2) is 4.57 Å². The van der Waals surface area contributed by atoms with Crippen molar-refractivity contribution in [2.24, 2.45) is 0 Å². The fraction of sp³-hybridized carbons (Fsp3) is 0.0588. The fourth-order valence-corrected chi connectivity index (χ4v) is 10.2. The van der Waals surface area contributed by atoms with E-state index in [1.165, 1.54) is 115 Å². The van der Waals surface area contributed by atoms with E-state index in [0.717, 1.165) is 0 Å². The molecule has 10 aromatic rings. The minimum absolute atomic E-state index is 0.0745. The molecule has 9 aromatic carbocycles. The Hall–Kier alpha value is -6.44. The molecule has 0 saturated carbocycles. The minimum Gasteiger partial charge on any atom is -0.309 e. The summed E-state index contributed by atoms with van der Waals surface area (Å²) < 4.78 is 2.51. The van der Waals surface area contributed by atoms with Gasteiger partial charge in [0.2, 0.25) is 0 Å². The third-order valence-electron chi connectivity index (χ3n) is 12.3. The Balaban J connectivity index is 1.12. The highest BCUT2D eigenvalue weighted by Crippen LogP contribution is 2.53. The lowest BCUT2D eigenvalue weighted by Crippen LogP contribution is -2.15. The van der Waals surface area contributed by atoms with Crippen molar-refractivity contribution in [3.63, 3.8) is 0 Å². The highest BCUT2D eigenvalue weighted by atomic mass is 15.0. The molecule has 0 bridgehead atoms. The molecule has 0 aliphatic heterocycles. The molecule has 1 heteroatoms. The van der Waals surface area contributed by atoms with Crippen molar-refractivity contribution in [2.75, 3.05) is 0 Å². The van der Waals surface area contributed by atoms with Gasteiger partial charge in [-0.2, -0.15) is 0 Å². The van der Waals surface area contributed by atoms with E-state index in [0.29, 0.717) is 0 Å². The zero-order chi connectivity index (χ0) is 34.3. The molecule has 1 aromatic heterocycles.